The highest BCUT2D eigenvalue weighted by Crippen LogP contribution is 2.27. The van der Waals surface area contributed by atoms with E-state index in [9.17, 15) is 24.9 Å². The van der Waals surface area contributed by atoms with E-state index in [0.717, 1.165) is 0 Å². The minimum atomic E-state index is -1.10. The zero-order valence-corrected chi connectivity index (χ0v) is 19.2. The third-order valence-corrected chi connectivity index (χ3v) is 6.31. The molecular formula is C21H39N3O7. The molecule has 0 bridgehead atoms. The van der Waals surface area contributed by atoms with Crippen molar-refractivity contribution in [2.75, 3.05) is 34.2 Å². The van der Waals surface area contributed by atoms with E-state index >= 15 is 0 Å². The summed E-state index contributed by atoms with van der Waals surface area (Å²) in [5, 5.41) is 34.8. The minimum absolute atomic E-state index is 0.00681. The van der Waals surface area contributed by atoms with Crippen LogP contribution in [0, 0.1) is 5.92 Å². The number of nitrogens with one attached hydrogen (secondary N) is 1. The lowest BCUT2D eigenvalue weighted by Gasteiger charge is -2.42. The van der Waals surface area contributed by atoms with Crippen LogP contribution in [0.2, 0.25) is 0 Å². The van der Waals surface area contributed by atoms with Crippen LogP contribution in [0.25, 0.3) is 0 Å². The van der Waals surface area contributed by atoms with Crippen LogP contribution in [0.1, 0.15) is 39.5 Å². The largest absolute Gasteiger partial charge is 0.392 e. The molecule has 0 spiro atoms. The maximum atomic E-state index is 12.4. The van der Waals surface area contributed by atoms with E-state index in [1.165, 1.54) is 4.90 Å². The Morgan fingerprint density at radius 2 is 1.81 bits per heavy atom. The summed E-state index contributed by atoms with van der Waals surface area (Å²) in [4.78, 5) is 27.9. The molecule has 0 radical (unpaired) electrons. The van der Waals surface area contributed by atoms with Crippen LogP contribution in [0.4, 0.5) is 0 Å². The van der Waals surface area contributed by atoms with Gasteiger partial charge < -0.3 is 39.9 Å². The van der Waals surface area contributed by atoms with Crippen LogP contribution >= 0.6 is 0 Å². The average Bonchev–Trinajstić information content (AvgIpc) is 2.71. The summed E-state index contributed by atoms with van der Waals surface area (Å²) in [5.41, 5.74) is 0. The molecule has 0 unspecified atom stereocenters. The molecule has 2 aliphatic rings. The van der Waals surface area contributed by atoms with Gasteiger partial charge in [-0.2, -0.15) is 0 Å². The highest BCUT2D eigenvalue weighted by atomic mass is 16.7. The number of carbonyl (C=O) groups is 2. The van der Waals surface area contributed by atoms with Gasteiger partial charge in [-0.1, -0.05) is 6.92 Å². The number of likely N-dealkylation sites (N-methyl/N-ethyl adjacent to an activating group) is 2. The molecule has 180 valence electrons. The number of hydrogen-bond acceptors (Lipinski definition) is 8. The van der Waals surface area contributed by atoms with Crippen molar-refractivity contribution < 1.29 is 34.4 Å². The summed E-state index contributed by atoms with van der Waals surface area (Å²) in [6, 6.07) is -0.171. The highest BCUT2D eigenvalue weighted by molar-refractivity contribution is 5.85. The first-order valence-corrected chi connectivity index (χ1v) is 11.0. The van der Waals surface area contributed by atoms with Crippen LogP contribution in [0.5, 0.6) is 0 Å². The highest BCUT2D eigenvalue weighted by Gasteiger charge is 2.41. The van der Waals surface area contributed by atoms with E-state index in [0.29, 0.717) is 25.8 Å². The molecule has 10 nitrogen and oxygen atoms in total. The van der Waals surface area contributed by atoms with Crippen molar-refractivity contribution in [2.45, 2.75) is 82.4 Å². The van der Waals surface area contributed by atoms with Gasteiger partial charge in [-0.3, -0.25) is 9.59 Å². The second-order valence-corrected chi connectivity index (χ2v) is 9.08. The second kappa shape index (κ2) is 11.5. The SMILES string of the molecule is C[C@@H]1C[C@H](N(C)C)[C@@H](O)[C@H](O[C@@H]2C[C@H](O)[C@@H](C)C(=O)NCC(=O)N(C)CCC[C@H]2O)O1. The first kappa shape index (κ1) is 26.0. The molecule has 4 N–H and O–H groups in total. The van der Waals surface area contributed by atoms with E-state index in [2.05, 4.69) is 5.32 Å². The van der Waals surface area contributed by atoms with Crippen molar-refractivity contribution in [3.8, 4) is 0 Å². The average molecular weight is 446 g/mol. The monoisotopic (exact) mass is 445 g/mol. The lowest BCUT2D eigenvalue weighted by atomic mass is 9.94. The van der Waals surface area contributed by atoms with Gasteiger partial charge in [0.25, 0.3) is 0 Å². The molecule has 0 aliphatic carbocycles. The van der Waals surface area contributed by atoms with Crippen molar-refractivity contribution in [1.29, 1.82) is 0 Å². The van der Waals surface area contributed by atoms with Crippen LogP contribution < -0.4 is 5.32 Å². The first-order chi connectivity index (χ1) is 14.5. The van der Waals surface area contributed by atoms with Gasteiger partial charge in [-0.25, -0.2) is 0 Å². The normalized spacial score (nSPS) is 39.5. The lowest BCUT2D eigenvalue weighted by Crippen LogP contribution is -2.56. The molecule has 10 heteroatoms. The summed E-state index contributed by atoms with van der Waals surface area (Å²) in [5.74, 6) is -1.49. The van der Waals surface area contributed by atoms with Crippen LogP contribution in [0.3, 0.4) is 0 Å². The third-order valence-electron chi connectivity index (χ3n) is 6.31. The lowest BCUT2D eigenvalue weighted by molar-refractivity contribution is -0.280. The molecule has 0 aromatic carbocycles. The number of ether oxygens (including phenoxy) is 2. The maximum absolute atomic E-state index is 12.4. The van der Waals surface area contributed by atoms with Crippen molar-refractivity contribution in [3.05, 3.63) is 0 Å². The smallest absolute Gasteiger partial charge is 0.241 e. The summed E-state index contributed by atoms with van der Waals surface area (Å²) in [6.07, 6.45) is -3.46. The molecular weight excluding hydrogens is 406 g/mol. The van der Waals surface area contributed by atoms with Crippen molar-refractivity contribution in [3.63, 3.8) is 0 Å². The summed E-state index contributed by atoms with van der Waals surface area (Å²) in [7, 11) is 5.39. The fraction of sp³-hybridized carbons (Fsp3) is 0.905. The fourth-order valence-electron chi connectivity index (χ4n) is 4.05. The first-order valence-electron chi connectivity index (χ1n) is 11.0. The minimum Gasteiger partial charge on any atom is -0.392 e. The van der Waals surface area contributed by atoms with E-state index in [-0.39, 0.29) is 31.0 Å². The number of hydrogen-bond donors (Lipinski definition) is 4. The Kier molecular flexibility index (Phi) is 9.66. The van der Waals surface area contributed by atoms with Crippen molar-refractivity contribution in [2.24, 2.45) is 5.92 Å². The fourth-order valence-corrected chi connectivity index (χ4v) is 4.05. The predicted molar refractivity (Wildman–Crippen MR) is 113 cm³/mol. The number of aliphatic hydroxyl groups excluding tert-OH is 3. The number of amides is 2. The number of aliphatic hydroxyl groups is 3. The molecule has 2 rings (SSSR count). The van der Waals surface area contributed by atoms with Gasteiger partial charge in [0.2, 0.25) is 11.8 Å². The van der Waals surface area contributed by atoms with Gasteiger partial charge in [0.15, 0.2) is 6.29 Å². The number of rotatable bonds is 3. The molecule has 2 amide bonds. The van der Waals surface area contributed by atoms with Gasteiger partial charge in [-0.15, -0.1) is 0 Å². The molecule has 0 aromatic rings. The quantitative estimate of drug-likeness (QED) is 0.431. The molecule has 2 fully saturated rings. The predicted octanol–water partition coefficient (Wildman–Crippen LogP) is -1.09. The molecule has 31 heavy (non-hydrogen) atoms. The van der Waals surface area contributed by atoms with Gasteiger partial charge in [0, 0.05) is 26.1 Å². The summed E-state index contributed by atoms with van der Waals surface area (Å²) >= 11 is 0. The zero-order valence-electron chi connectivity index (χ0n) is 19.2. The molecule has 2 saturated heterocycles. The Balaban J connectivity index is 2.18. The third kappa shape index (κ3) is 7.10. The van der Waals surface area contributed by atoms with Crippen molar-refractivity contribution in [1.82, 2.24) is 15.1 Å². The van der Waals surface area contributed by atoms with Gasteiger partial charge in [0.1, 0.15) is 6.10 Å². The summed E-state index contributed by atoms with van der Waals surface area (Å²) in [6.45, 7) is 3.74. The molecule has 2 aliphatic heterocycles. The van der Waals surface area contributed by atoms with E-state index in [4.69, 9.17) is 9.47 Å². The van der Waals surface area contributed by atoms with Gasteiger partial charge in [-0.05, 0) is 40.3 Å². The Hall–Kier alpha value is -1.30. The summed E-state index contributed by atoms with van der Waals surface area (Å²) < 4.78 is 11.8. The Bertz CT molecular complexity index is 606. The number of nitrogens with zero attached hydrogens (tertiary/aromatic N) is 2. The molecule has 8 atom stereocenters. The molecule has 0 aromatic heterocycles. The second-order valence-electron chi connectivity index (χ2n) is 9.08. The van der Waals surface area contributed by atoms with Crippen LogP contribution in [0.15, 0.2) is 0 Å². The van der Waals surface area contributed by atoms with Crippen LogP contribution in [-0.2, 0) is 19.1 Å². The maximum Gasteiger partial charge on any atom is 0.241 e. The van der Waals surface area contributed by atoms with Gasteiger partial charge in [0.05, 0.1) is 36.9 Å². The zero-order chi connectivity index (χ0) is 23.3. The molecule has 0 saturated carbocycles. The Labute approximate surface area is 184 Å². The standard InChI is InChI=1S/C21H39N3O7/c1-12-9-14(23(3)4)19(28)21(30-12)31-17-10-16(26)13(2)20(29)22-11-18(27)24(5)8-6-7-15(17)25/h12-17,19,21,25-26,28H,6-11H2,1-5H3,(H,22,29)/t12-,13-,14+,15-,16+,17-,19-,21+/m1/s1. The Morgan fingerprint density at radius 1 is 1.13 bits per heavy atom. The molecule has 2 heterocycles. The Morgan fingerprint density at radius 3 is 2.45 bits per heavy atom. The van der Waals surface area contributed by atoms with E-state index in [1.54, 1.807) is 14.0 Å². The van der Waals surface area contributed by atoms with Crippen molar-refractivity contribution >= 4 is 11.8 Å². The van der Waals surface area contributed by atoms with Gasteiger partial charge >= 0.3 is 0 Å². The number of carbonyl (C=O) groups excluding carboxylic acids is 2. The van der Waals surface area contributed by atoms with E-state index < -0.39 is 42.5 Å². The van der Waals surface area contributed by atoms with E-state index in [1.807, 2.05) is 25.9 Å². The van der Waals surface area contributed by atoms with Crippen LogP contribution in [-0.4, -0.2) is 114 Å². The topological polar surface area (TPSA) is 132 Å².